The number of benzene rings is 1. The predicted molar refractivity (Wildman–Crippen MR) is 87.1 cm³/mol. The largest absolute Gasteiger partial charge is 0.431 e. The highest BCUT2D eigenvalue weighted by Gasteiger charge is 2.30. The van der Waals surface area contributed by atoms with E-state index in [1.54, 1.807) is 6.92 Å². The Morgan fingerprint density at radius 1 is 1.30 bits per heavy atom. The highest BCUT2D eigenvalue weighted by molar-refractivity contribution is 5.92. The second kappa shape index (κ2) is 6.54. The fourth-order valence-electron chi connectivity index (χ4n) is 3.02. The Balaban J connectivity index is 1.67. The van der Waals surface area contributed by atoms with E-state index in [9.17, 15) is 4.79 Å². The fraction of sp³-hybridized carbons (Fsp3) is 0.444. The molecule has 1 aromatic heterocycles. The van der Waals surface area contributed by atoms with E-state index >= 15 is 0 Å². The van der Waals surface area contributed by atoms with Crippen molar-refractivity contribution in [3.63, 3.8) is 0 Å². The summed E-state index contributed by atoms with van der Waals surface area (Å²) < 4.78 is 11.4. The summed E-state index contributed by atoms with van der Waals surface area (Å²) in [6.07, 6.45) is 1.39. The normalized spacial score (nSPS) is 23.9. The molecule has 2 aromatic rings. The van der Waals surface area contributed by atoms with Gasteiger partial charge in [-0.15, -0.1) is 0 Å². The van der Waals surface area contributed by atoms with Crippen molar-refractivity contribution in [1.29, 1.82) is 0 Å². The summed E-state index contributed by atoms with van der Waals surface area (Å²) in [5.41, 5.74) is 1.46. The number of aryl methyl sites for hydroxylation is 1. The van der Waals surface area contributed by atoms with Crippen LogP contribution in [0, 0.1) is 12.8 Å². The molecule has 1 N–H and O–H groups in total. The summed E-state index contributed by atoms with van der Waals surface area (Å²) in [7, 11) is 0. The monoisotopic (exact) mass is 314 g/mol. The summed E-state index contributed by atoms with van der Waals surface area (Å²) in [6, 6.07) is 9.57. The summed E-state index contributed by atoms with van der Waals surface area (Å²) in [6.45, 7) is 6.48. The van der Waals surface area contributed by atoms with Crippen molar-refractivity contribution in [2.24, 2.45) is 5.92 Å². The van der Waals surface area contributed by atoms with Gasteiger partial charge < -0.3 is 14.5 Å². The average Bonchev–Trinajstić information content (AvgIpc) is 3.08. The molecule has 3 unspecified atom stereocenters. The molecule has 1 aromatic carbocycles. The third-order valence-electron chi connectivity index (χ3n) is 4.29. The smallest absolute Gasteiger partial charge is 0.289 e. The Hall–Kier alpha value is -2.14. The van der Waals surface area contributed by atoms with Crippen molar-refractivity contribution in [2.45, 2.75) is 39.4 Å². The first kappa shape index (κ1) is 15.7. The molecule has 0 saturated carbocycles. The maximum atomic E-state index is 12.4. The number of amides is 1. The second-order valence-electron chi connectivity index (χ2n) is 6.16. The Morgan fingerprint density at radius 2 is 2.04 bits per heavy atom. The SMILES string of the molecule is Cc1nc(-c2ccccc2)oc1C(=O)NCC1CC(C)OC1C. The minimum absolute atomic E-state index is 0.168. The Kier molecular flexibility index (Phi) is 4.48. The van der Waals surface area contributed by atoms with Crippen LogP contribution in [0.5, 0.6) is 0 Å². The molecule has 0 radical (unpaired) electrons. The van der Waals surface area contributed by atoms with Crippen molar-refractivity contribution >= 4 is 5.91 Å². The molecule has 0 spiro atoms. The molecule has 2 heterocycles. The van der Waals surface area contributed by atoms with Crippen molar-refractivity contribution in [2.75, 3.05) is 6.54 Å². The zero-order chi connectivity index (χ0) is 16.4. The van der Waals surface area contributed by atoms with E-state index in [2.05, 4.69) is 17.2 Å². The van der Waals surface area contributed by atoms with Gasteiger partial charge in [0.25, 0.3) is 5.91 Å². The summed E-state index contributed by atoms with van der Waals surface area (Å²) in [5.74, 6) is 0.873. The fourth-order valence-corrected chi connectivity index (χ4v) is 3.02. The van der Waals surface area contributed by atoms with Crippen LogP contribution in [0.1, 0.15) is 36.5 Å². The van der Waals surface area contributed by atoms with Crippen molar-refractivity contribution in [3.8, 4) is 11.5 Å². The number of nitrogens with one attached hydrogen (secondary N) is 1. The van der Waals surface area contributed by atoms with Gasteiger partial charge in [0.2, 0.25) is 11.7 Å². The Morgan fingerprint density at radius 3 is 2.70 bits per heavy atom. The minimum atomic E-state index is -0.219. The number of ether oxygens (including phenoxy) is 1. The highest BCUT2D eigenvalue weighted by atomic mass is 16.5. The lowest BCUT2D eigenvalue weighted by atomic mass is 10.0. The molecule has 1 aliphatic rings. The van der Waals surface area contributed by atoms with Crippen LogP contribution >= 0.6 is 0 Å². The third-order valence-corrected chi connectivity index (χ3v) is 4.29. The van der Waals surface area contributed by atoms with Gasteiger partial charge in [-0.05, 0) is 39.3 Å². The van der Waals surface area contributed by atoms with Crippen LogP contribution in [-0.4, -0.2) is 29.6 Å². The van der Waals surface area contributed by atoms with Crippen LogP contribution in [-0.2, 0) is 4.74 Å². The zero-order valence-electron chi connectivity index (χ0n) is 13.7. The molecule has 1 saturated heterocycles. The number of aromatic nitrogens is 1. The van der Waals surface area contributed by atoms with Crippen LogP contribution in [0.4, 0.5) is 0 Å². The Bertz CT molecular complexity index is 681. The molecule has 23 heavy (non-hydrogen) atoms. The van der Waals surface area contributed by atoms with E-state index in [4.69, 9.17) is 9.15 Å². The summed E-state index contributed by atoms with van der Waals surface area (Å²) in [4.78, 5) is 16.7. The highest BCUT2D eigenvalue weighted by Crippen LogP contribution is 2.26. The topological polar surface area (TPSA) is 64.4 Å². The average molecular weight is 314 g/mol. The molecule has 5 heteroatoms. The lowest BCUT2D eigenvalue weighted by molar-refractivity contribution is 0.0556. The first-order valence-electron chi connectivity index (χ1n) is 8.01. The number of carbonyl (C=O) groups is 1. The molecular formula is C18H22N2O3. The number of oxazole rings is 1. The quantitative estimate of drug-likeness (QED) is 0.941. The molecule has 122 valence electrons. The molecule has 1 fully saturated rings. The minimum Gasteiger partial charge on any atom is -0.431 e. The number of nitrogens with zero attached hydrogens (tertiary/aromatic N) is 1. The lowest BCUT2D eigenvalue weighted by Crippen LogP contribution is -2.32. The molecular weight excluding hydrogens is 292 g/mol. The Labute approximate surface area is 136 Å². The van der Waals surface area contributed by atoms with Gasteiger partial charge >= 0.3 is 0 Å². The third kappa shape index (κ3) is 3.45. The molecule has 0 aliphatic carbocycles. The number of hydrogen-bond donors (Lipinski definition) is 1. The van der Waals surface area contributed by atoms with E-state index in [1.165, 1.54) is 0 Å². The van der Waals surface area contributed by atoms with Crippen molar-refractivity contribution in [1.82, 2.24) is 10.3 Å². The number of hydrogen-bond acceptors (Lipinski definition) is 4. The lowest BCUT2D eigenvalue weighted by Gasteiger charge is -2.13. The van der Waals surface area contributed by atoms with Crippen molar-refractivity contribution < 1.29 is 13.9 Å². The standard InChI is InChI=1S/C18H22N2O3/c1-11-9-15(13(3)22-11)10-19-17(21)16-12(2)20-18(23-16)14-7-5-4-6-8-14/h4-8,11,13,15H,9-10H2,1-3H3,(H,19,21). The van der Waals surface area contributed by atoms with Gasteiger partial charge in [0.15, 0.2) is 0 Å². The van der Waals surface area contributed by atoms with Gasteiger partial charge in [0.1, 0.15) is 0 Å². The van der Waals surface area contributed by atoms with E-state index < -0.39 is 0 Å². The van der Waals surface area contributed by atoms with E-state index in [1.807, 2.05) is 37.3 Å². The van der Waals surface area contributed by atoms with Gasteiger partial charge in [-0.1, -0.05) is 18.2 Å². The van der Waals surface area contributed by atoms with E-state index in [-0.39, 0.29) is 23.9 Å². The molecule has 3 rings (SSSR count). The second-order valence-corrected chi connectivity index (χ2v) is 6.16. The van der Waals surface area contributed by atoms with Crippen LogP contribution in [0.3, 0.4) is 0 Å². The molecule has 1 amide bonds. The van der Waals surface area contributed by atoms with Crippen LogP contribution in [0.2, 0.25) is 0 Å². The van der Waals surface area contributed by atoms with E-state index in [0.29, 0.717) is 24.0 Å². The molecule has 5 nitrogen and oxygen atoms in total. The van der Waals surface area contributed by atoms with Crippen LogP contribution < -0.4 is 5.32 Å². The van der Waals surface area contributed by atoms with Gasteiger partial charge in [-0.3, -0.25) is 4.79 Å². The molecule has 0 bridgehead atoms. The van der Waals surface area contributed by atoms with Crippen LogP contribution in [0.25, 0.3) is 11.5 Å². The zero-order valence-corrected chi connectivity index (χ0v) is 13.7. The first-order chi connectivity index (χ1) is 11.0. The van der Waals surface area contributed by atoms with Gasteiger partial charge in [-0.25, -0.2) is 4.98 Å². The van der Waals surface area contributed by atoms with Crippen molar-refractivity contribution in [3.05, 3.63) is 41.8 Å². The maximum Gasteiger partial charge on any atom is 0.289 e. The summed E-state index contributed by atoms with van der Waals surface area (Å²) in [5, 5.41) is 2.94. The maximum absolute atomic E-state index is 12.4. The predicted octanol–water partition coefficient (Wildman–Crippen LogP) is 3.19. The van der Waals surface area contributed by atoms with Gasteiger partial charge in [-0.2, -0.15) is 0 Å². The van der Waals surface area contributed by atoms with Crippen LogP contribution in [0.15, 0.2) is 34.7 Å². The van der Waals surface area contributed by atoms with Gasteiger partial charge in [0, 0.05) is 18.0 Å². The summed E-state index contributed by atoms with van der Waals surface area (Å²) >= 11 is 0. The first-order valence-corrected chi connectivity index (χ1v) is 8.01. The van der Waals surface area contributed by atoms with E-state index in [0.717, 1.165) is 12.0 Å². The number of rotatable bonds is 4. The number of carbonyl (C=O) groups excluding carboxylic acids is 1. The molecule has 3 atom stereocenters. The molecule has 1 aliphatic heterocycles. The van der Waals surface area contributed by atoms with Gasteiger partial charge in [0.05, 0.1) is 17.9 Å².